The number of imidazole rings is 1. The molecule has 0 amide bonds. The minimum atomic E-state index is -0.363. The Morgan fingerprint density at radius 3 is 2.89 bits per heavy atom. The molecule has 0 bridgehead atoms. The molecule has 1 aliphatic heterocycles. The zero-order valence-electron chi connectivity index (χ0n) is 16.2. The van der Waals surface area contributed by atoms with Gasteiger partial charge in [-0.2, -0.15) is 5.10 Å². The Hall–Kier alpha value is -3.00. The van der Waals surface area contributed by atoms with Crippen LogP contribution in [0.2, 0.25) is 0 Å². The van der Waals surface area contributed by atoms with E-state index in [4.69, 9.17) is 4.74 Å². The fourth-order valence-electron chi connectivity index (χ4n) is 3.61. The van der Waals surface area contributed by atoms with Gasteiger partial charge in [-0.3, -0.25) is 14.6 Å². The highest BCUT2D eigenvalue weighted by molar-refractivity contribution is 5.89. The van der Waals surface area contributed by atoms with Crippen LogP contribution in [-0.2, 0) is 30.8 Å². The van der Waals surface area contributed by atoms with Crippen LogP contribution in [0.3, 0.4) is 0 Å². The minimum absolute atomic E-state index is 0.331. The Labute approximate surface area is 163 Å². The third-order valence-corrected chi connectivity index (χ3v) is 4.87. The Kier molecular flexibility index (Phi) is 5.21. The van der Waals surface area contributed by atoms with Crippen LogP contribution in [0.1, 0.15) is 45.9 Å². The number of hydrogen-bond acceptors (Lipinski definition) is 6. The lowest BCUT2D eigenvalue weighted by molar-refractivity contribution is 0.0515. The van der Waals surface area contributed by atoms with Crippen LogP contribution >= 0.6 is 0 Å². The molecule has 3 aromatic heterocycles. The van der Waals surface area contributed by atoms with Crippen molar-refractivity contribution in [3.05, 3.63) is 64.8 Å². The molecule has 3 aromatic rings. The van der Waals surface area contributed by atoms with E-state index < -0.39 is 0 Å². The number of fused-ring (bicyclic) bond motifs is 1. The molecule has 0 radical (unpaired) electrons. The Morgan fingerprint density at radius 2 is 2.18 bits per heavy atom. The van der Waals surface area contributed by atoms with Crippen molar-refractivity contribution in [1.29, 1.82) is 0 Å². The average molecular weight is 380 g/mol. The van der Waals surface area contributed by atoms with E-state index in [0.717, 1.165) is 48.0 Å². The number of esters is 1. The summed E-state index contributed by atoms with van der Waals surface area (Å²) in [4.78, 5) is 26.7. The van der Waals surface area contributed by atoms with E-state index in [9.17, 15) is 4.79 Å². The van der Waals surface area contributed by atoms with Gasteiger partial charge in [0.2, 0.25) is 0 Å². The van der Waals surface area contributed by atoms with Crippen LogP contribution in [0.15, 0.2) is 30.6 Å². The van der Waals surface area contributed by atoms with Gasteiger partial charge in [-0.15, -0.1) is 0 Å². The monoisotopic (exact) mass is 380 g/mol. The lowest BCUT2D eigenvalue weighted by Gasteiger charge is -2.27. The first-order chi connectivity index (χ1) is 13.6. The summed E-state index contributed by atoms with van der Waals surface area (Å²) < 4.78 is 7.15. The average Bonchev–Trinajstić information content (AvgIpc) is 3.26. The van der Waals surface area contributed by atoms with Crippen LogP contribution in [0, 0.1) is 6.92 Å². The zero-order valence-corrected chi connectivity index (χ0v) is 16.2. The molecule has 8 nitrogen and oxygen atoms in total. The van der Waals surface area contributed by atoms with Gasteiger partial charge < -0.3 is 9.72 Å². The standard InChI is InChI=1S/C20H24N6O2/c1-3-28-20(27)19-17-13-25(11-16-10-22-14(2)23-16)9-7-18(17)26(24-19)12-15-6-4-5-8-21-15/h4-6,8,10H,3,7,9,11-13H2,1-2H3,(H,22,23). The number of carbonyl (C=O) groups is 1. The fourth-order valence-corrected chi connectivity index (χ4v) is 3.61. The van der Waals surface area contributed by atoms with Gasteiger partial charge in [0, 0.05) is 55.4 Å². The summed E-state index contributed by atoms with van der Waals surface area (Å²) in [7, 11) is 0. The number of hydrogen-bond donors (Lipinski definition) is 1. The van der Waals surface area contributed by atoms with Gasteiger partial charge in [0.15, 0.2) is 5.69 Å². The van der Waals surface area contributed by atoms with E-state index in [2.05, 4.69) is 25.0 Å². The smallest absolute Gasteiger partial charge is 0.359 e. The van der Waals surface area contributed by atoms with Gasteiger partial charge in [0.05, 0.1) is 18.8 Å². The topological polar surface area (TPSA) is 88.9 Å². The summed E-state index contributed by atoms with van der Waals surface area (Å²) in [6.07, 6.45) is 4.45. The van der Waals surface area contributed by atoms with Gasteiger partial charge in [-0.1, -0.05) is 6.07 Å². The molecule has 8 heteroatoms. The molecule has 0 atom stereocenters. The van der Waals surface area contributed by atoms with Gasteiger partial charge in [0.25, 0.3) is 0 Å². The number of nitrogens with one attached hydrogen (secondary N) is 1. The van der Waals surface area contributed by atoms with Crippen LogP contribution in [-0.4, -0.2) is 48.8 Å². The summed E-state index contributed by atoms with van der Waals surface area (Å²) in [6.45, 7) is 6.93. The molecular weight excluding hydrogens is 356 g/mol. The lowest BCUT2D eigenvalue weighted by Crippen LogP contribution is -2.31. The Balaban J connectivity index is 1.61. The first-order valence-electron chi connectivity index (χ1n) is 9.52. The van der Waals surface area contributed by atoms with Crippen molar-refractivity contribution in [2.45, 2.75) is 39.9 Å². The fraction of sp³-hybridized carbons (Fsp3) is 0.400. The van der Waals surface area contributed by atoms with Gasteiger partial charge in [0.1, 0.15) is 5.82 Å². The molecule has 0 aliphatic carbocycles. The van der Waals surface area contributed by atoms with E-state index in [1.54, 1.807) is 6.20 Å². The van der Waals surface area contributed by atoms with Crippen molar-refractivity contribution in [1.82, 2.24) is 29.6 Å². The number of ether oxygens (including phenoxy) is 1. The quantitative estimate of drug-likeness (QED) is 0.659. The third-order valence-electron chi connectivity index (χ3n) is 4.87. The number of aryl methyl sites for hydroxylation is 1. The minimum Gasteiger partial charge on any atom is -0.461 e. The first-order valence-corrected chi connectivity index (χ1v) is 9.52. The highest BCUT2D eigenvalue weighted by atomic mass is 16.5. The summed E-state index contributed by atoms with van der Waals surface area (Å²) in [6, 6.07) is 5.81. The van der Waals surface area contributed by atoms with Crippen molar-refractivity contribution in [3.63, 3.8) is 0 Å². The number of aromatic amines is 1. The summed E-state index contributed by atoms with van der Waals surface area (Å²) in [5.74, 6) is 0.542. The molecule has 4 rings (SSSR count). The molecule has 4 heterocycles. The molecule has 28 heavy (non-hydrogen) atoms. The number of H-pyrrole nitrogens is 1. The van der Waals surface area contributed by atoms with Crippen molar-refractivity contribution >= 4 is 5.97 Å². The Morgan fingerprint density at radius 1 is 1.29 bits per heavy atom. The molecule has 0 saturated carbocycles. The summed E-state index contributed by atoms with van der Waals surface area (Å²) >= 11 is 0. The number of pyridine rings is 1. The van der Waals surface area contributed by atoms with Crippen LogP contribution < -0.4 is 0 Å². The zero-order chi connectivity index (χ0) is 19.5. The van der Waals surface area contributed by atoms with Crippen molar-refractivity contribution < 1.29 is 9.53 Å². The van der Waals surface area contributed by atoms with E-state index >= 15 is 0 Å². The van der Waals surface area contributed by atoms with Crippen molar-refractivity contribution in [3.8, 4) is 0 Å². The van der Waals surface area contributed by atoms with Gasteiger partial charge >= 0.3 is 5.97 Å². The first kappa shape index (κ1) is 18.4. The van der Waals surface area contributed by atoms with Gasteiger partial charge in [-0.05, 0) is 26.0 Å². The summed E-state index contributed by atoms with van der Waals surface area (Å²) in [5.41, 5.74) is 4.44. The highest BCUT2D eigenvalue weighted by Gasteiger charge is 2.29. The van der Waals surface area contributed by atoms with Crippen LogP contribution in [0.25, 0.3) is 0 Å². The molecular formula is C20H24N6O2. The van der Waals surface area contributed by atoms with Crippen LogP contribution in [0.5, 0.6) is 0 Å². The molecule has 0 saturated heterocycles. The second-order valence-corrected chi connectivity index (χ2v) is 6.93. The molecule has 1 N–H and O–H groups in total. The summed E-state index contributed by atoms with van der Waals surface area (Å²) in [5, 5.41) is 4.61. The van der Waals surface area contributed by atoms with E-state index in [1.165, 1.54) is 0 Å². The maximum Gasteiger partial charge on any atom is 0.359 e. The highest BCUT2D eigenvalue weighted by Crippen LogP contribution is 2.25. The normalized spacial score (nSPS) is 14.1. The molecule has 146 valence electrons. The van der Waals surface area contributed by atoms with E-state index in [-0.39, 0.29) is 5.97 Å². The van der Waals surface area contributed by atoms with Crippen LogP contribution in [0.4, 0.5) is 0 Å². The SMILES string of the molecule is CCOC(=O)c1nn(Cc2ccccn2)c2c1CN(Cc1cnc(C)[nH]1)CC2. The predicted molar refractivity (Wildman–Crippen MR) is 103 cm³/mol. The number of rotatable bonds is 6. The molecule has 0 fully saturated rings. The maximum absolute atomic E-state index is 12.5. The van der Waals surface area contributed by atoms with E-state index in [0.29, 0.717) is 25.4 Å². The van der Waals surface area contributed by atoms with Crippen molar-refractivity contribution in [2.24, 2.45) is 0 Å². The Bertz CT molecular complexity index is 962. The predicted octanol–water partition coefficient (Wildman–Crippen LogP) is 2.09. The number of nitrogens with zero attached hydrogens (tertiary/aromatic N) is 5. The molecule has 0 aromatic carbocycles. The van der Waals surface area contributed by atoms with E-state index in [1.807, 2.05) is 42.9 Å². The molecule has 0 spiro atoms. The maximum atomic E-state index is 12.5. The molecule has 0 unspecified atom stereocenters. The van der Waals surface area contributed by atoms with Gasteiger partial charge in [-0.25, -0.2) is 9.78 Å². The second kappa shape index (κ2) is 7.93. The molecule has 1 aliphatic rings. The second-order valence-electron chi connectivity index (χ2n) is 6.93. The number of carbonyl (C=O) groups excluding carboxylic acids is 1. The largest absolute Gasteiger partial charge is 0.461 e. The lowest BCUT2D eigenvalue weighted by atomic mass is 10.0. The van der Waals surface area contributed by atoms with Crippen molar-refractivity contribution in [2.75, 3.05) is 13.2 Å². The number of aromatic nitrogens is 5. The third kappa shape index (κ3) is 3.82.